The van der Waals surface area contributed by atoms with Crippen LogP contribution in [-0.4, -0.2) is 46.8 Å². The van der Waals surface area contributed by atoms with Crippen LogP contribution < -0.4 is 10.5 Å². The molecule has 0 spiro atoms. The van der Waals surface area contributed by atoms with Crippen LogP contribution in [0.1, 0.15) is 0 Å². The third-order valence-electron chi connectivity index (χ3n) is 2.22. The summed E-state index contributed by atoms with van der Waals surface area (Å²) >= 11 is 0. The standard InChI is InChI=1S/C11H18N2O3S/c1-13(2)7-8-16-9-5-4-6-10(11(9)12)17(3,14)15/h4-6H,7-8,12H2,1-3H3. The van der Waals surface area contributed by atoms with Crippen molar-refractivity contribution in [3.05, 3.63) is 18.2 Å². The zero-order chi connectivity index (χ0) is 13.1. The smallest absolute Gasteiger partial charge is 0.177 e. The van der Waals surface area contributed by atoms with Gasteiger partial charge < -0.3 is 15.4 Å². The Hall–Kier alpha value is -1.27. The number of sulfone groups is 1. The lowest BCUT2D eigenvalue weighted by Crippen LogP contribution is -2.19. The van der Waals surface area contributed by atoms with E-state index >= 15 is 0 Å². The largest absolute Gasteiger partial charge is 0.490 e. The molecule has 1 aromatic rings. The van der Waals surface area contributed by atoms with Crippen LogP contribution in [0.25, 0.3) is 0 Å². The molecular weight excluding hydrogens is 240 g/mol. The highest BCUT2D eigenvalue weighted by Gasteiger charge is 2.14. The van der Waals surface area contributed by atoms with Gasteiger partial charge in [0.2, 0.25) is 0 Å². The molecule has 0 saturated heterocycles. The van der Waals surface area contributed by atoms with Crippen molar-refractivity contribution >= 4 is 15.5 Å². The van der Waals surface area contributed by atoms with Crippen molar-refractivity contribution in [2.24, 2.45) is 0 Å². The first-order chi connectivity index (χ1) is 7.82. The molecule has 0 heterocycles. The van der Waals surface area contributed by atoms with Crippen LogP contribution in [0.3, 0.4) is 0 Å². The fourth-order valence-corrected chi connectivity index (χ4v) is 2.14. The number of ether oxygens (including phenoxy) is 1. The quantitative estimate of drug-likeness (QED) is 0.784. The number of hydrogen-bond acceptors (Lipinski definition) is 5. The molecule has 6 heteroatoms. The van der Waals surface area contributed by atoms with E-state index in [0.29, 0.717) is 12.4 Å². The topological polar surface area (TPSA) is 72.6 Å². The molecule has 0 amide bonds. The minimum atomic E-state index is -3.31. The average molecular weight is 258 g/mol. The van der Waals surface area contributed by atoms with Gasteiger partial charge in [-0.15, -0.1) is 0 Å². The van der Waals surface area contributed by atoms with E-state index in [0.717, 1.165) is 12.8 Å². The first-order valence-electron chi connectivity index (χ1n) is 5.18. The summed E-state index contributed by atoms with van der Waals surface area (Å²) in [5, 5.41) is 0. The minimum absolute atomic E-state index is 0.111. The summed E-state index contributed by atoms with van der Waals surface area (Å²) in [4.78, 5) is 2.08. The number of rotatable bonds is 5. The van der Waals surface area contributed by atoms with Gasteiger partial charge in [0.05, 0.1) is 10.6 Å². The summed E-state index contributed by atoms with van der Waals surface area (Å²) in [5.41, 5.74) is 5.94. The van der Waals surface area contributed by atoms with E-state index in [2.05, 4.69) is 0 Å². The van der Waals surface area contributed by atoms with E-state index in [1.807, 2.05) is 19.0 Å². The molecule has 0 unspecified atom stereocenters. The summed E-state index contributed by atoms with van der Waals surface area (Å²) in [7, 11) is 0.548. The molecule has 0 aliphatic carbocycles. The number of nitrogen functional groups attached to an aromatic ring is 1. The van der Waals surface area contributed by atoms with Gasteiger partial charge in [0.25, 0.3) is 0 Å². The minimum Gasteiger partial charge on any atom is -0.490 e. The predicted octanol–water partition coefficient (Wildman–Crippen LogP) is 0.613. The monoisotopic (exact) mass is 258 g/mol. The number of benzene rings is 1. The molecule has 0 radical (unpaired) electrons. The molecule has 96 valence electrons. The number of anilines is 1. The van der Waals surface area contributed by atoms with E-state index in [1.54, 1.807) is 12.1 Å². The Morgan fingerprint density at radius 3 is 2.53 bits per heavy atom. The van der Waals surface area contributed by atoms with Gasteiger partial charge in [-0.05, 0) is 26.2 Å². The van der Waals surface area contributed by atoms with Crippen molar-refractivity contribution in [1.29, 1.82) is 0 Å². The first kappa shape index (κ1) is 13.8. The molecule has 0 aliphatic heterocycles. The van der Waals surface area contributed by atoms with Gasteiger partial charge in [0, 0.05) is 12.8 Å². The van der Waals surface area contributed by atoms with E-state index in [1.165, 1.54) is 6.07 Å². The Kier molecular flexibility index (Phi) is 4.36. The molecule has 5 nitrogen and oxygen atoms in total. The Bertz CT molecular complexity index is 483. The van der Waals surface area contributed by atoms with Crippen LogP contribution in [0.15, 0.2) is 23.1 Å². The zero-order valence-electron chi connectivity index (χ0n) is 10.3. The van der Waals surface area contributed by atoms with Gasteiger partial charge >= 0.3 is 0 Å². The Morgan fingerprint density at radius 2 is 2.00 bits per heavy atom. The van der Waals surface area contributed by atoms with Crippen LogP contribution in [0.2, 0.25) is 0 Å². The van der Waals surface area contributed by atoms with Gasteiger partial charge in [-0.2, -0.15) is 0 Å². The summed E-state index contributed by atoms with van der Waals surface area (Å²) in [6.45, 7) is 1.20. The molecule has 0 saturated carbocycles. The molecule has 0 bridgehead atoms. The van der Waals surface area contributed by atoms with Gasteiger partial charge in [-0.3, -0.25) is 0 Å². The molecule has 0 aliphatic rings. The molecule has 0 fully saturated rings. The summed E-state index contributed by atoms with van der Waals surface area (Å²) in [6.07, 6.45) is 1.13. The maximum absolute atomic E-state index is 11.4. The second-order valence-corrected chi connectivity index (χ2v) is 6.08. The molecular formula is C11H18N2O3S. The predicted molar refractivity (Wildman–Crippen MR) is 68.0 cm³/mol. The second kappa shape index (κ2) is 5.37. The van der Waals surface area contributed by atoms with Crippen molar-refractivity contribution in [2.75, 3.05) is 39.2 Å². The SMILES string of the molecule is CN(C)CCOc1cccc(S(C)(=O)=O)c1N. The molecule has 0 aromatic heterocycles. The van der Waals surface area contributed by atoms with Crippen LogP contribution in [0, 0.1) is 0 Å². The third kappa shape index (κ3) is 3.90. The Balaban J connectivity index is 2.88. The van der Waals surface area contributed by atoms with Crippen molar-refractivity contribution in [3.63, 3.8) is 0 Å². The lowest BCUT2D eigenvalue weighted by molar-refractivity contribution is 0.262. The van der Waals surface area contributed by atoms with E-state index in [4.69, 9.17) is 10.5 Å². The maximum atomic E-state index is 11.4. The van der Waals surface area contributed by atoms with E-state index < -0.39 is 9.84 Å². The van der Waals surface area contributed by atoms with Crippen molar-refractivity contribution in [1.82, 2.24) is 4.90 Å². The van der Waals surface area contributed by atoms with Gasteiger partial charge in [0.1, 0.15) is 12.4 Å². The lowest BCUT2D eigenvalue weighted by atomic mass is 10.3. The van der Waals surface area contributed by atoms with E-state index in [-0.39, 0.29) is 10.6 Å². The number of nitrogens with zero attached hydrogens (tertiary/aromatic N) is 1. The highest BCUT2D eigenvalue weighted by atomic mass is 32.2. The Labute approximate surface area is 102 Å². The summed E-state index contributed by atoms with van der Waals surface area (Å²) < 4.78 is 28.3. The van der Waals surface area contributed by atoms with Crippen LogP contribution in [0.5, 0.6) is 5.75 Å². The second-order valence-electron chi connectivity index (χ2n) is 4.09. The van der Waals surface area contributed by atoms with Crippen molar-refractivity contribution in [2.45, 2.75) is 4.90 Å². The fourth-order valence-electron chi connectivity index (χ4n) is 1.31. The van der Waals surface area contributed by atoms with Crippen LogP contribution in [-0.2, 0) is 9.84 Å². The number of nitrogens with two attached hydrogens (primary N) is 1. The normalized spacial score (nSPS) is 11.8. The number of para-hydroxylation sites is 1. The fraction of sp³-hybridized carbons (Fsp3) is 0.455. The summed E-state index contributed by atoms with van der Waals surface area (Å²) in [5.74, 6) is 0.412. The highest BCUT2D eigenvalue weighted by Crippen LogP contribution is 2.28. The molecule has 2 N–H and O–H groups in total. The van der Waals surface area contributed by atoms with Gasteiger partial charge in [-0.25, -0.2) is 8.42 Å². The molecule has 0 atom stereocenters. The highest BCUT2D eigenvalue weighted by molar-refractivity contribution is 7.90. The lowest BCUT2D eigenvalue weighted by Gasteiger charge is -2.13. The maximum Gasteiger partial charge on any atom is 0.177 e. The average Bonchev–Trinajstić information content (AvgIpc) is 2.18. The summed E-state index contributed by atoms with van der Waals surface area (Å²) in [6, 6.07) is 4.76. The van der Waals surface area contributed by atoms with Crippen molar-refractivity contribution < 1.29 is 13.2 Å². The zero-order valence-corrected chi connectivity index (χ0v) is 11.1. The van der Waals surface area contributed by atoms with Gasteiger partial charge in [0.15, 0.2) is 9.84 Å². The van der Waals surface area contributed by atoms with Crippen molar-refractivity contribution in [3.8, 4) is 5.75 Å². The van der Waals surface area contributed by atoms with Crippen LogP contribution in [0.4, 0.5) is 5.69 Å². The first-order valence-corrected chi connectivity index (χ1v) is 7.07. The van der Waals surface area contributed by atoms with Crippen LogP contribution >= 0.6 is 0 Å². The Morgan fingerprint density at radius 1 is 1.35 bits per heavy atom. The van der Waals surface area contributed by atoms with E-state index in [9.17, 15) is 8.42 Å². The number of hydrogen-bond donors (Lipinski definition) is 1. The van der Waals surface area contributed by atoms with Gasteiger partial charge in [-0.1, -0.05) is 6.07 Å². The molecule has 1 aromatic carbocycles. The third-order valence-corrected chi connectivity index (χ3v) is 3.38. The molecule has 17 heavy (non-hydrogen) atoms. The molecule has 1 rings (SSSR count). The number of likely N-dealkylation sites (N-methyl/N-ethyl adjacent to an activating group) is 1.